The van der Waals surface area contributed by atoms with E-state index in [-0.39, 0.29) is 11.2 Å². The topological polar surface area (TPSA) is 74.8 Å². The molecule has 0 bridgehead atoms. The summed E-state index contributed by atoms with van der Waals surface area (Å²) in [6, 6.07) is 4.58. The number of halogens is 2. The molecule has 9 heteroatoms. The molecule has 1 aromatic heterocycles. The molecule has 0 saturated carbocycles. The maximum absolute atomic E-state index is 13.2. The normalized spacial score (nSPS) is 12.0. The minimum Gasteiger partial charge on any atom is -0.325 e. The zero-order valence-corrected chi connectivity index (χ0v) is 16.0. The standard InChI is InChI=1S/C17H19F2N3O2S2/c1-3-6-25-9-12-8-15(23)22-17(21-12)26-10(2)16(24)20-11-4-5-13(18)14(19)7-11/h4-5,7-8,10H,3,6,9H2,1-2H3,(H,20,24)(H,21,22,23). The van der Waals surface area contributed by atoms with Gasteiger partial charge in [-0.05, 0) is 31.2 Å². The molecule has 2 aromatic rings. The number of H-pyrrole nitrogens is 1. The van der Waals surface area contributed by atoms with Crippen LogP contribution in [0.25, 0.3) is 0 Å². The fourth-order valence-electron chi connectivity index (χ4n) is 1.97. The summed E-state index contributed by atoms with van der Waals surface area (Å²) in [6.07, 6.45) is 1.04. The molecule has 0 aliphatic rings. The monoisotopic (exact) mass is 399 g/mol. The third-order valence-corrected chi connectivity index (χ3v) is 5.40. The largest absolute Gasteiger partial charge is 0.325 e. The van der Waals surface area contributed by atoms with Gasteiger partial charge in [0.05, 0.1) is 10.9 Å². The number of nitrogens with one attached hydrogen (secondary N) is 2. The van der Waals surface area contributed by atoms with E-state index in [1.165, 1.54) is 12.1 Å². The average molecular weight is 399 g/mol. The molecular formula is C17H19F2N3O2S2. The molecule has 2 N–H and O–H groups in total. The second-order valence-electron chi connectivity index (χ2n) is 5.47. The highest BCUT2D eigenvalue weighted by atomic mass is 32.2. The predicted molar refractivity (Wildman–Crippen MR) is 102 cm³/mol. The number of carbonyl (C=O) groups is 1. The summed E-state index contributed by atoms with van der Waals surface area (Å²) >= 11 is 2.77. The molecule has 2 rings (SSSR count). The summed E-state index contributed by atoms with van der Waals surface area (Å²) in [6.45, 7) is 3.71. The number of aromatic amines is 1. The van der Waals surface area contributed by atoms with Crippen LogP contribution in [0.1, 0.15) is 26.0 Å². The van der Waals surface area contributed by atoms with E-state index in [0.29, 0.717) is 16.6 Å². The van der Waals surface area contributed by atoms with Crippen LogP contribution in [0.2, 0.25) is 0 Å². The van der Waals surface area contributed by atoms with Crippen molar-refractivity contribution in [3.05, 3.63) is 51.9 Å². The van der Waals surface area contributed by atoms with Gasteiger partial charge in [-0.15, -0.1) is 0 Å². The third kappa shape index (κ3) is 6.14. The molecule has 0 aliphatic heterocycles. The lowest BCUT2D eigenvalue weighted by atomic mass is 10.3. The zero-order chi connectivity index (χ0) is 19.1. The van der Waals surface area contributed by atoms with Crippen molar-refractivity contribution in [2.24, 2.45) is 0 Å². The van der Waals surface area contributed by atoms with Crippen LogP contribution in [0.4, 0.5) is 14.5 Å². The van der Waals surface area contributed by atoms with Crippen LogP contribution in [0.3, 0.4) is 0 Å². The summed E-state index contributed by atoms with van der Waals surface area (Å²) in [5.41, 5.74) is 0.540. The molecule has 1 atom stereocenters. The molecule has 1 unspecified atom stereocenters. The highest BCUT2D eigenvalue weighted by molar-refractivity contribution is 8.00. The Morgan fingerprint density at radius 1 is 1.31 bits per heavy atom. The second kappa shape index (κ2) is 9.72. The predicted octanol–water partition coefficient (Wildman–Crippen LogP) is 3.81. The SMILES string of the molecule is CCCSCc1cc(=O)[nH]c(SC(C)C(=O)Nc2ccc(F)c(F)c2)n1. The molecule has 1 heterocycles. The van der Waals surface area contributed by atoms with Crippen molar-refractivity contribution in [3.63, 3.8) is 0 Å². The lowest BCUT2D eigenvalue weighted by molar-refractivity contribution is -0.115. The molecule has 1 amide bonds. The number of carbonyl (C=O) groups excluding carboxylic acids is 1. The molecule has 0 radical (unpaired) electrons. The second-order valence-corrected chi connectivity index (χ2v) is 7.91. The van der Waals surface area contributed by atoms with E-state index in [9.17, 15) is 18.4 Å². The first-order valence-corrected chi connectivity index (χ1v) is 10.0. The summed E-state index contributed by atoms with van der Waals surface area (Å²) in [7, 11) is 0. The number of hydrogen-bond acceptors (Lipinski definition) is 5. The van der Waals surface area contributed by atoms with Crippen LogP contribution in [0.5, 0.6) is 0 Å². The zero-order valence-electron chi connectivity index (χ0n) is 14.3. The Morgan fingerprint density at radius 2 is 2.08 bits per heavy atom. The van der Waals surface area contributed by atoms with Gasteiger partial charge in [0.2, 0.25) is 5.91 Å². The average Bonchev–Trinajstić information content (AvgIpc) is 2.58. The minimum absolute atomic E-state index is 0.160. The van der Waals surface area contributed by atoms with Crippen molar-refractivity contribution in [1.29, 1.82) is 0 Å². The number of thioether (sulfide) groups is 2. The van der Waals surface area contributed by atoms with E-state index >= 15 is 0 Å². The van der Waals surface area contributed by atoms with E-state index in [1.54, 1.807) is 18.7 Å². The van der Waals surface area contributed by atoms with Crippen molar-refractivity contribution in [1.82, 2.24) is 9.97 Å². The van der Waals surface area contributed by atoms with Crippen LogP contribution in [-0.4, -0.2) is 26.9 Å². The van der Waals surface area contributed by atoms with Crippen LogP contribution in [0, 0.1) is 11.6 Å². The quantitative estimate of drug-likeness (QED) is 0.401. The summed E-state index contributed by atoms with van der Waals surface area (Å²) in [5.74, 6) is -0.823. The van der Waals surface area contributed by atoms with E-state index in [2.05, 4.69) is 22.2 Å². The van der Waals surface area contributed by atoms with Crippen molar-refractivity contribution in [2.75, 3.05) is 11.1 Å². The highest BCUT2D eigenvalue weighted by Gasteiger charge is 2.17. The van der Waals surface area contributed by atoms with Gasteiger partial charge in [-0.3, -0.25) is 9.59 Å². The first kappa shape index (κ1) is 20.4. The lowest BCUT2D eigenvalue weighted by Gasteiger charge is -2.12. The Kier molecular flexibility index (Phi) is 7.65. The van der Waals surface area contributed by atoms with Crippen LogP contribution in [0.15, 0.2) is 34.2 Å². The fraction of sp³-hybridized carbons (Fsp3) is 0.353. The molecule has 1 aromatic carbocycles. The van der Waals surface area contributed by atoms with Gasteiger partial charge in [-0.2, -0.15) is 11.8 Å². The molecule has 0 aliphatic carbocycles. The van der Waals surface area contributed by atoms with Gasteiger partial charge < -0.3 is 10.3 Å². The molecule has 140 valence electrons. The number of rotatable bonds is 8. The molecular weight excluding hydrogens is 380 g/mol. The maximum Gasteiger partial charge on any atom is 0.251 e. The molecule has 26 heavy (non-hydrogen) atoms. The van der Waals surface area contributed by atoms with Gasteiger partial charge in [-0.1, -0.05) is 18.7 Å². The Balaban J connectivity index is 2.01. The maximum atomic E-state index is 13.2. The summed E-state index contributed by atoms with van der Waals surface area (Å²) in [4.78, 5) is 30.9. The Bertz CT molecular complexity index is 830. The van der Waals surface area contributed by atoms with Gasteiger partial charge in [-0.25, -0.2) is 13.8 Å². The van der Waals surface area contributed by atoms with Gasteiger partial charge >= 0.3 is 0 Å². The number of nitrogens with zero attached hydrogens (tertiary/aromatic N) is 1. The van der Waals surface area contributed by atoms with Crippen molar-refractivity contribution in [2.45, 2.75) is 36.4 Å². The highest BCUT2D eigenvalue weighted by Crippen LogP contribution is 2.21. The van der Waals surface area contributed by atoms with Crippen molar-refractivity contribution >= 4 is 35.1 Å². The van der Waals surface area contributed by atoms with Crippen LogP contribution in [-0.2, 0) is 10.5 Å². The number of benzene rings is 1. The first-order chi connectivity index (χ1) is 12.4. The lowest BCUT2D eigenvalue weighted by Crippen LogP contribution is -2.23. The Morgan fingerprint density at radius 3 is 2.77 bits per heavy atom. The van der Waals surface area contributed by atoms with Gasteiger partial charge in [0.15, 0.2) is 16.8 Å². The van der Waals surface area contributed by atoms with E-state index in [0.717, 1.165) is 36.1 Å². The third-order valence-electron chi connectivity index (χ3n) is 3.22. The molecule has 0 saturated heterocycles. The van der Waals surface area contributed by atoms with E-state index < -0.39 is 22.8 Å². The Hall–Kier alpha value is -1.87. The summed E-state index contributed by atoms with van der Waals surface area (Å²) < 4.78 is 26.1. The molecule has 0 fully saturated rings. The minimum atomic E-state index is -1.04. The molecule has 0 spiro atoms. The smallest absolute Gasteiger partial charge is 0.251 e. The van der Waals surface area contributed by atoms with E-state index in [4.69, 9.17) is 0 Å². The molecule has 5 nitrogen and oxygen atoms in total. The summed E-state index contributed by atoms with van der Waals surface area (Å²) in [5, 5.41) is 2.26. The van der Waals surface area contributed by atoms with Crippen molar-refractivity contribution < 1.29 is 13.6 Å². The number of hydrogen-bond donors (Lipinski definition) is 2. The van der Waals surface area contributed by atoms with Crippen LogP contribution >= 0.6 is 23.5 Å². The van der Waals surface area contributed by atoms with Crippen LogP contribution < -0.4 is 10.9 Å². The fourth-order valence-corrected chi connectivity index (χ4v) is 3.59. The van der Waals surface area contributed by atoms with Crippen molar-refractivity contribution in [3.8, 4) is 0 Å². The van der Waals surface area contributed by atoms with Gasteiger partial charge in [0.25, 0.3) is 5.56 Å². The number of anilines is 1. The number of aromatic nitrogens is 2. The van der Waals surface area contributed by atoms with Gasteiger partial charge in [0, 0.05) is 23.6 Å². The Labute approximate surface area is 158 Å². The first-order valence-electron chi connectivity index (χ1n) is 7.99. The number of amides is 1. The van der Waals surface area contributed by atoms with Gasteiger partial charge in [0.1, 0.15) is 0 Å². The van der Waals surface area contributed by atoms with E-state index in [1.807, 2.05) is 0 Å².